The van der Waals surface area contributed by atoms with Gasteiger partial charge in [0.25, 0.3) is 15.9 Å². The van der Waals surface area contributed by atoms with E-state index in [0.717, 1.165) is 16.5 Å². The third-order valence-corrected chi connectivity index (χ3v) is 6.79. The van der Waals surface area contributed by atoms with Crippen molar-refractivity contribution in [2.45, 2.75) is 18.7 Å². The summed E-state index contributed by atoms with van der Waals surface area (Å²) in [4.78, 5) is 12.4. The minimum absolute atomic E-state index is 0.133. The van der Waals surface area contributed by atoms with Crippen molar-refractivity contribution < 1.29 is 13.2 Å². The molecule has 1 heterocycles. The maximum Gasteiger partial charge on any atom is 0.268 e. The lowest BCUT2D eigenvalue weighted by molar-refractivity contribution is 0.0949. The Hall–Kier alpha value is -3.38. The SMILES string of the molecule is CC(C)CNC(=O)c1ccc(S(=O)(=O)n2cc(-c3ccccc3)c3ccccc32)cc1. The first-order valence-electron chi connectivity index (χ1n) is 10.2. The zero-order valence-corrected chi connectivity index (χ0v) is 18.3. The van der Waals surface area contributed by atoms with Gasteiger partial charge in [0.15, 0.2) is 0 Å². The van der Waals surface area contributed by atoms with Crippen molar-refractivity contribution in [1.29, 1.82) is 0 Å². The predicted molar refractivity (Wildman–Crippen MR) is 124 cm³/mol. The second-order valence-electron chi connectivity index (χ2n) is 7.86. The average Bonchev–Trinajstić information content (AvgIpc) is 3.19. The highest BCUT2D eigenvalue weighted by Gasteiger charge is 2.22. The van der Waals surface area contributed by atoms with Gasteiger partial charge in [0.1, 0.15) is 0 Å². The van der Waals surface area contributed by atoms with Crippen LogP contribution in [0.5, 0.6) is 0 Å². The van der Waals surface area contributed by atoms with Gasteiger partial charge in [-0.2, -0.15) is 0 Å². The lowest BCUT2D eigenvalue weighted by Crippen LogP contribution is -2.27. The summed E-state index contributed by atoms with van der Waals surface area (Å²) in [7, 11) is -3.84. The molecule has 1 amide bonds. The third kappa shape index (κ3) is 4.11. The zero-order chi connectivity index (χ0) is 22.0. The van der Waals surface area contributed by atoms with Crippen molar-refractivity contribution in [2.24, 2.45) is 5.92 Å². The Morgan fingerprint density at radius 1 is 0.903 bits per heavy atom. The number of amides is 1. The maximum atomic E-state index is 13.5. The maximum absolute atomic E-state index is 13.5. The van der Waals surface area contributed by atoms with Gasteiger partial charge in [-0.3, -0.25) is 4.79 Å². The first kappa shape index (κ1) is 20.9. The Balaban J connectivity index is 1.74. The molecule has 1 aromatic heterocycles. The molecule has 158 valence electrons. The monoisotopic (exact) mass is 432 g/mol. The van der Waals surface area contributed by atoms with Crippen molar-refractivity contribution in [3.8, 4) is 11.1 Å². The summed E-state index contributed by atoms with van der Waals surface area (Å²) in [6, 6.07) is 23.2. The minimum Gasteiger partial charge on any atom is -0.352 e. The van der Waals surface area contributed by atoms with Gasteiger partial charge in [-0.15, -0.1) is 0 Å². The van der Waals surface area contributed by atoms with Gasteiger partial charge in [-0.25, -0.2) is 12.4 Å². The van der Waals surface area contributed by atoms with E-state index in [9.17, 15) is 13.2 Å². The van der Waals surface area contributed by atoms with Gasteiger partial charge in [-0.05, 0) is 41.8 Å². The number of nitrogens with zero attached hydrogens (tertiary/aromatic N) is 1. The van der Waals surface area contributed by atoms with Crippen LogP contribution in [0.4, 0.5) is 0 Å². The molecule has 0 spiro atoms. The van der Waals surface area contributed by atoms with Crippen molar-refractivity contribution >= 4 is 26.8 Å². The van der Waals surface area contributed by atoms with E-state index in [0.29, 0.717) is 23.5 Å². The van der Waals surface area contributed by atoms with Gasteiger partial charge in [0.2, 0.25) is 0 Å². The molecule has 3 aromatic carbocycles. The Bertz CT molecular complexity index is 1320. The van der Waals surface area contributed by atoms with Crippen LogP contribution < -0.4 is 5.32 Å². The molecule has 0 saturated heterocycles. The van der Waals surface area contributed by atoms with Crippen LogP contribution in [0.15, 0.2) is 90.0 Å². The number of aromatic nitrogens is 1. The van der Waals surface area contributed by atoms with Crippen LogP contribution in [0.1, 0.15) is 24.2 Å². The Morgan fingerprint density at radius 3 is 2.23 bits per heavy atom. The first-order chi connectivity index (χ1) is 14.9. The Kier molecular flexibility index (Phi) is 5.65. The Morgan fingerprint density at radius 2 is 1.55 bits per heavy atom. The van der Waals surface area contributed by atoms with Crippen LogP contribution >= 0.6 is 0 Å². The number of hydrogen-bond donors (Lipinski definition) is 1. The molecule has 1 N–H and O–H groups in total. The normalized spacial score (nSPS) is 11.7. The van der Waals surface area contributed by atoms with Gasteiger partial charge >= 0.3 is 0 Å². The number of rotatable bonds is 6. The van der Waals surface area contributed by atoms with Crippen LogP contribution in [0.2, 0.25) is 0 Å². The van der Waals surface area contributed by atoms with Crippen LogP contribution in [0.3, 0.4) is 0 Å². The molecule has 0 aliphatic heterocycles. The van der Waals surface area contributed by atoms with E-state index in [1.807, 2.05) is 62.4 Å². The minimum atomic E-state index is -3.84. The Labute approximate surface area is 182 Å². The summed E-state index contributed by atoms with van der Waals surface area (Å²) in [5, 5.41) is 3.70. The number of carbonyl (C=O) groups is 1. The van der Waals surface area contributed by atoms with Gasteiger partial charge < -0.3 is 5.32 Å². The molecule has 0 aliphatic carbocycles. The van der Waals surface area contributed by atoms with Crippen LogP contribution in [-0.4, -0.2) is 24.8 Å². The highest BCUT2D eigenvalue weighted by molar-refractivity contribution is 7.90. The van der Waals surface area contributed by atoms with E-state index in [2.05, 4.69) is 5.32 Å². The molecule has 0 radical (unpaired) electrons. The summed E-state index contributed by atoms with van der Waals surface area (Å²) >= 11 is 0. The van der Waals surface area contributed by atoms with Crippen LogP contribution in [-0.2, 0) is 10.0 Å². The topological polar surface area (TPSA) is 68.2 Å². The summed E-state index contributed by atoms with van der Waals surface area (Å²) in [5.74, 6) is 0.125. The van der Waals surface area contributed by atoms with Gasteiger partial charge in [0, 0.05) is 29.3 Å². The number of carbonyl (C=O) groups excluding carboxylic acids is 1. The van der Waals surface area contributed by atoms with Crippen LogP contribution in [0, 0.1) is 5.92 Å². The van der Waals surface area contributed by atoms with Crippen molar-refractivity contribution in [2.75, 3.05) is 6.54 Å². The van der Waals surface area contributed by atoms with Crippen molar-refractivity contribution in [1.82, 2.24) is 9.29 Å². The second kappa shape index (κ2) is 8.40. The third-order valence-electron chi connectivity index (χ3n) is 5.11. The zero-order valence-electron chi connectivity index (χ0n) is 17.4. The lowest BCUT2D eigenvalue weighted by atomic mass is 10.1. The molecule has 31 heavy (non-hydrogen) atoms. The molecule has 0 atom stereocenters. The van der Waals surface area contributed by atoms with Gasteiger partial charge in [-0.1, -0.05) is 62.4 Å². The first-order valence-corrected chi connectivity index (χ1v) is 11.6. The molecule has 6 heteroatoms. The average molecular weight is 433 g/mol. The van der Waals surface area contributed by atoms with E-state index in [-0.39, 0.29) is 10.8 Å². The number of hydrogen-bond acceptors (Lipinski definition) is 3. The van der Waals surface area contributed by atoms with Gasteiger partial charge in [0.05, 0.1) is 10.4 Å². The predicted octanol–water partition coefficient (Wildman–Crippen LogP) is 4.93. The smallest absolute Gasteiger partial charge is 0.268 e. The molecular weight excluding hydrogens is 408 g/mol. The fourth-order valence-electron chi connectivity index (χ4n) is 3.49. The summed E-state index contributed by atoms with van der Waals surface area (Å²) < 4.78 is 28.2. The molecule has 4 aromatic rings. The quantitative estimate of drug-likeness (QED) is 0.470. The van der Waals surface area contributed by atoms with E-state index in [4.69, 9.17) is 0 Å². The van der Waals surface area contributed by atoms with E-state index in [1.165, 1.54) is 16.1 Å². The molecule has 0 fully saturated rings. The number of para-hydroxylation sites is 1. The van der Waals surface area contributed by atoms with E-state index >= 15 is 0 Å². The second-order valence-corrected chi connectivity index (χ2v) is 9.67. The van der Waals surface area contributed by atoms with Crippen LogP contribution in [0.25, 0.3) is 22.0 Å². The molecular formula is C25H24N2O3S. The fraction of sp³-hybridized carbons (Fsp3) is 0.160. The molecule has 0 unspecified atom stereocenters. The molecule has 0 aliphatic rings. The number of fused-ring (bicyclic) bond motifs is 1. The molecule has 4 rings (SSSR count). The largest absolute Gasteiger partial charge is 0.352 e. The van der Waals surface area contributed by atoms with Crippen molar-refractivity contribution in [3.63, 3.8) is 0 Å². The number of nitrogens with one attached hydrogen (secondary N) is 1. The summed E-state index contributed by atoms with van der Waals surface area (Å²) in [5.41, 5.74) is 2.84. The molecule has 0 saturated carbocycles. The standard InChI is InChI=1S/C25H24N2O3S/c1-18(2)16-26-25(28)20-12-14-21(15-13-20)31(29,30)27-17-23(19-8-4-3-5-9-19)22-10-6-7-11-24(22)27/h3-15,17-18H,16H2,1-2H3,(H,26,28). The van der Waals surface area contributed by atoms with E-state index in [1.54, 1.807) is 24.4 Å². The highest BCUT2D eigenvalue weighted by atomic mass is 32.2. The van der Waals surface area contributed by atoms with Crippen molar-refractivity contribution in [3.05, 3.63) is 90.6 Å². The van der Waals surface area contributed by atoms with E-state index < -0.39 is 10.0 Å². The number of benzene rings is 3. The lowest BCUT2D eigenvalue weighted by Gasteiger charge is -2.10. The molecule has 0 bridgehead atoms. The summed E-state index contributed by atoms with van der Waals surface area (Å²) in [6.07, 6.45) is 1.67. The fourth-order valence-corrected chi connectivity index (χ4v) is 4.86. The summed E-state index contributed by atoms with van der Waals surface area (Å²) in [6.45, 7) is 4.60. The molecule has 5 nitrogen and oxygen atoms in total. The highest BCUT2D eigenvalue weighted by Crippen LogP contribution is 2.32.